The molecule has 2 aliphatic rings. The van der Waals surface area contributed by atoms with Crippen LogP contribution in [-0.2, 0) is 28.5 Å². The number of aromatic nitrogens is 3. The molecule has 13 heteroatoms. The Hall–Kier alpha value is -2.67. The topological polar surface area (TPSA) is 103 Å². The molecule has 3 heterocycles. The van der Waals surface area contributed by atoms with E-state index in [1.165, 1.54) is 17.0 Å². The van der Waals surface area contributed by atoms with Gasteiger partial charge in [0.2, 0.25) is 5.91 Å². The van der Waals surface area contributed by atoms with Crippen LogP contribution in [0.2, 0.25) is 0 Å². The van der Waals surface area contributed by atoms with Gasteiger partial charge in [-0.25, -0.2) is 10.1 Å². The SMILES string of the molecule is CC(COCCC(=O)N1CCN(c2nc3c(s2)CCC3)CC1)Nc1cn[nH]c(=O)c1C(F)(F)F. The molecule has 1 atom stereocenters. The van der Waals surface area contributed by atoms with E-state index in [1.807, 2.05) is 0 Å². The summed E-state index contributed by atoms with van der Waals surface area (Å²) < 4.78 is 44.9. The zero-order valence-corrected chi connectivity index (χ0v) is 19.6. The van der Waals surface area contributed by atoms with Gasteiger partial charge < -0.3 is 19.9 Å². The van der Waals surface area contributed by atoms with Gasteiger partial charge in [-0.2, -0.15) is 18.3 Å². The minimum Gasteiger partial charge on any atom is -0.379 e. The minimum atomic E-state index is -4.81. The lowest BCUT2D eigenvalue weighted by molar-refractivity contribution is -0.138. The Labute approximate surface area is 198 Å². The predicted molar refractivity (Wildman–Crippen MR) is 121 cm³/mol. The molecular weight excluding hydrogens is 473 g/mol. The number of piperazine rings is 1. The molecular formula is C21H27F3N6O3S. The number of hydrogen-bond acceptors (Lipinski definition) is 8. The molecule has 1 fully saturated rings. The van der Waals surface area contributed by atoms with Gasteiger partial charge in [-0.05, 0) is 26.2 Å². The highest BCUT2D eigenvalue weighted by Gasteiger charge is 2.37. The number of aromatic amines is 1. The number of ether oxygens (including phenoxy) is 1. The Balaban J connectivity index is 1.17. The summed E-state index contributed by atoms with van der Waals surface area (Å²) in [6.45, 7) is 4.58. The molecule has 1 unspecified atom stereocenters. The summed E-state index contributed by atoms with van der Waals surface area (Å²) >= 11 is 1.76. The third-order valence-corrected chi connectivity index (χ3v) is 7.08. The van der Waals surface area contributed by atoms with E-state index in [1.54, 1.807) is 28.3 Å². The van der Waals surface area contributed by atoms with Crippen molar-refractivity contribution in [1.82, 2.24) is 20.1 Å². The van der Waals surface area contributed by atoms with Gasteiger partial charge >= 0.3 is 6.18 Å². The number of anilines is 2. The summed E-state index contributed by atoms with van der Waals surface area (Å²) in [5.74, 6) is -0.0138. The predicted octanol–water partition coefficient (Wildman–Crippen LogP) is 2.29. The average molecular weight is 501 g/mol. The summed E-state index contributed by atoms with van der Waals surface area (Å²) in [5.41, 5.74) is -1.82. The van der Waals surface area contributed by atoms with E-state index in [2.05, 4.69) is 15.3 Å². The van der Waals surface area contributed by atoms with Gasteiger partial charge in [0, 0.05) is 37.1 Å². The maximum Gasteiger partial charge on any atom is 0.423 e. The fourth-order valence-electron chi connectivity index (χ4n) is 4.13. The third-order valence-electron chi connectivity index (χ3n) is 5.86. The number of carbonyl (C=O) groups is 1. The highest BCUT2D eigenvalue weighted by atomic mass is 32.1. The van der Waals surface area contributed by atoms with Crippen molar-refractivity contribution in [2.45, 2.75) is 44.8 Å². The summed E-state index contributed by atoms with van der Waals surface area (Å²) in [4.78, 5) is 34.2. The first-order valence-electron chi connectivity index (χ1n) is 11.2. The quantitative estimate of drug-likeness (QED) is 0.536. The van der Waals surface area contributed by atoms with Gasteiger partial charge in [0.1, 0.15) is 5.56 Å². The number of rotatable bonds is 8. The largest absolute Gasteiger partial charge is 0.423 e. The van der Waals surface area contributed by atoms with E-state index in [0.29, 0.717) is 13.1 Å². The van der Waals surface area contributed by atoms with Crippen molar-refractivity contribution in [1.29, 1.82) is 0 Å². The molecule has 2 N–H and O–H groups in total. The second-order valence-corrected chi connectivity index (χ2v) is 9.51. The Morgan fingerprint density at radius 1 is 1.29 bits per heavy atom. The molecule has 2 aromatic heterocycles. The number of amides is 1. The average Bonchev–Trinajstić information content (AvgIpc) is 3.38. The summed E-state index contributed by atoms with van der Waals surface area (Å²) in [7, 11) is 0. The van der Waals surface area contributed by atoms with Crippen LogP contribution in [0.15, 0.2) is 11.0 Å². The van der Waals surface area contributed by atoms with Crippen LogP contribution >= 0.6 is 11.3 Å². The number of aryl methyl sites for hydroxylation is 2. The summed E-state index contributed by atoms with van der Waals surface area (Å²) in [5, 5.41) is 8.87. The first kappa shape index (κ1) is 24.5. The lowest BCUT2D eigenvalue weighted by atomic mass is 10.2. The van der Waals surface area contributed by atoms with Gasteiger partial charge in [0.15, 0.2) is 5.13 Å². The molecule has 0 saturated carbocycles. The van der Waals surface area contributed by atoms with Crippen molar-refractivity contribution in [2.75, 3.05) is 49.6 Å². The minimum absolute atomic E-state index is 0.0138. The van der Waals surface area contributed by atoms with E-state index < -0.39 is 29.0 Å². The summed E-state index contributed by atoms with van der Waals surface area (Å²) in [6.07, 6.45) is -0.338. The number of halogens is 3. The molecule has 1 saturated heterocycles. The van der Waals surface area contributed by atoms with Gasteiger partial charge in [0.25, 0.3) is 5.56 Å². The highest BCUT2D eigenvalue weighted by Crippen LogP contribution is 2.33. The monoisotopic (exact) mass is 500 g/mol. The molecule has 34 heavy (non-hydrogen) atoms. The zero-order valence-electron chi connectivity index (χ0n) is 18.8. The molecule has 0 aromatic carbocycles. The zero-order chi connectivity index (χ0) is 24.3. The smallest absolute Gasteiger partial charge is 0.379 e. The maximum absolute atomic E-state index is 13.1. The highest BCUT2D eigenvalue weighted by molar-refractivity contribution is 7.15. The number of thiazole rings is 1. The maximum atomic E-state index is 13.1. The van der Waals surface area contributed by atoms with Crippen molar-refractivity contribution < 1.29 is 22.7 Å². The van der Waals surface area contributed by atoms with Crippen molar-refractivity contribution in [3.63, 3.8) is 0 Å². The molecule has 1 aliphatic carbocycles. The Bertz CT molecular complexity index is 1040. The van der Waals surface area contributed by atoms with Crippen LogP contribution in [0.4, 0.5) is 24.0 Å². The molecule has 0 radical (unpaired) electrons. The second-order valence-electron chi connectivity index (χ2n) is 8.44. The fourth-order valence-corrected chi connectivity index (χ4v) is 5.33. The molecule has 0 spiro atoms. The standard InChI is InChI=1S/C21H27F3N6O3S/c1-13(26-15-11-25-28-19(32)18(15)21(22,23)24)12-33-10-5-17(31)29-6-8-30(9-7-29)20-27-14-3-2-4-16(14)34-20/h11,13H,2-10,12H2,1H3,(H2,26,28,32). The van der Waals surface area contributed by atoms with Crippen molar-refractivity contribution in [2.24, 2.45) is 0 Å². The number of hydrogen-bond donors (Lipinski definition) is 2. The van der Waals surface area contributed by atoms with Gasteiger partial charge in [0.05, 0.1) is 37.2 Å². The lowest BCUT2D eigenvalue weighted by Gasteiger charge is -2.34. The van der Waals surface area contributed by atoms with E-state index >= 15 is 0 Å². The van der Waals surface area contributed by atoms with Gasteiger partial charge in [-0.15, -0.1) is 11.3 Å². The third kappa shape index (κ3) is 5.69. The summed E-state index contributed by atoms with van der Waals surface area (Å²) in [6, 6.07) is -0.525. The van der Waals surface area contributed by atoms with Crippen molar-refractivity contribution in [3.05, 3.63) is 32.7 Å². The van der Waals surface area contributed by atoms with Crippen LogP contribution < -0.4 is 15.8 Å². The molecule has 4 rings (SSSR count). The fraction of sp³-hybridized carbons (Fsp3) is 0.619. The number of H-pyrrole nitrogens is 1. The van der Waals surface area contributed by atoms with Crippen molar-refractivity contribution >= 4 is 28.1 Å². The molecule has 0 bridgehead atoms. The first-order valence-corrected chi connectivity index (χ1v) is 12.0. The van der Waals surface area contributed by atoms with E-state index in [-0.39, 0.29) is 25.5 Å². The van der Waals surface area contributed by atoms with E-state index in [9.17, 15) is 22.8 Å². The molecule has 186 valence electrons. The van der Waals surface area contributed by atoms with Crippen molar-refractivity contribution in [3.8, 4) is 0 Å². The first-order chi connectivity index (χ1) is 16.2. The number of carbonyl (C=O) groups excluding carboxylic acids is 1. The van der Waals surface area contributed by atoms with Crippen LogP contribution in [-0.4, -0.2) is 71.4 Å². The van der Waals surface area contributed by atoms with E-state index in [4.69, 9.17) is 9.72 Å². The Morgan fingerprint density at radius 3 is 2.76 bits per heavy atom. The number of fused-ring (bicyclic) bond motifs is 1. The molecule has 2 aromatic rings. The Morgan fingerprint density at radius 2 is 2.06 bits per heavy atom. The molecule has 1 amide bonds. The van der Waals surface area contributed by atoms with Crippen LogP contribution in [0.5, 0.6) is 0 Å². The number of nitrogens with zero attached hydrogens (tertiary/aromatic N) is 4. The lowest BCUT2D eigenvalue weighted by Crippen LogP contribution is -2.49. The number of alkyl halides is 3. The van der Waals surface area contributed by atoms with Crippen LogP contribution in [0.1, 0.15) is 35.9 Å². The van der Waals surface area contributed by atoms with Gasteiger partial charge in [-0.1, -0.05) is 0 Å². The molecule has 1 aliphatic heterocycles. The second kappa shape index (κ2) is 10.3. The van der Waals surface area contributed by atoms with Crippen LogP contribution in [0.25, 0.3) is 0 Å². The van der Waals surface area contributed by atoms with Gasteiger partial charge in [-0.3, -0.25) is 9.59 Å². The van der Waals surface area contributed by atoms with Crippen LogP contribution in [0.3, 0.4) is 0 Å². The number of nitrogens with one attached hydrogen (secondary N) is 2. The molecule has 9 nitrogen and oxygen atoms in total. The van der Waals surface area contributed by atoms with E-state index in [0.717, 1.165) is 37.3 Å². The van der Waals surface area contributed by atoms with Crippen LogP contribution in [0, 0.1) is 0 Å². The Kier molecular flexibility index (Phi) is 7.41. The normalized spacial score (nSPS) is 17.1.